The van der Waals surface area contributed by atoms with Crippen molar-refractivity contribution in [3.8, 4) is 0 Å². The van der Waals surface area contributed by atoms with Crippen LogP contribution in [0.5, 0.6) is 0 Å². The Morgan fingerprint density at radius 1 is 1.20 bits per heavy atom. The van der Waals surface area contributed by atoms with E-state index in [0.29, 0.717) is 0 Å². The molecule has 82 valence electrons. The van der Waals surface area contributed by atoms with Gasteiger partial charge in [-0.25, -0.2) is 0 Å². The van der Waals surface area contributed by atoms with Crippen molar-refractivity contribution in [3.05, 3.63) is 29.8 Å². The second kappa shape index (κ2) is 5.17. The molecule has 1 saturated heterocycles. The lowest BCUT2D eigenvalue weighted by Gasteiger charge is -2.18. The number of benzene rings is 1. The molecule has 2 rings (SSSR count). The van der Waals surface area contributed by atoms with Gasteiger partial charge in [0.25, 0.3) is 0 Å². The van der Waals surface area contributed by atoms with Crippen LogP contribution in [0.15, 0.2) is 24.3 Å². The average molecular weight is 204 g/mol. The summed E-state index contributed by atoms with van der Waals surface area (Å²) in [5, 5.41) is 0. The minimum atomic E-state index is 0.786. The van der Waals surface area contributed by atoms with Crippen molar-refractivity contribution in [2.45, 2.75) is 25.7 Å². The molecule has 15 heavy (non-hydrogen) atoms. The Morgan fingerprint density at radius 3 is 2.73 bits per heavy atom. The maximum atomic E-state index is 5.53. The highest BCUT2D eigenvalue weighted by atomic mass is 15.1. The molecule has 1 fully saturated rings. The summed E-state index contributed by atoms with van der Waals surface area (Å²) in [4.78, 5) is 2.48. The minimum Gasteiger partial charge on any atom is -0.372 e. The Hall–Kier alpha value is -1.02. The number of aryl methyl sites for hydroxylation is 1. The summed E-state index contributed by atoms with van der Waals surface area (Å²) in [5.41, 5.74) is 8.34. The maximum absolute atomic E-state index is 5.53. The Bertz CT molecular complexity index is 303. The third-order valence-corrected chi connectivity index (χ3v) is 3.05. The quantitative estimate of drug-likeness (QED) is 0.814. The molecule has 2 heteroatoms. The van der Waals surface area contributed by atoms with Crippen LogP contribution in [-0.4, -0.2) is 19.6 Å². The molecule has 0 saturated carbocycles. The highest BCUT2D eigenvalue weighted by Crippen LogP contribution is 2.21. The molecule has 1 heterocycles. The van der Waals surface area contributed by atoms with E-state index in [-0.39, 0.29) is 0 Å². The first-order chi connectivity index (χ1) is 7.40. The topological polar surface area (TPSA) is 29.3 Å². The van der Waals surface area contributed by atoms with E-state index in [1.54, 1.807) is 0 Å². The van der Waals surface area contributed by atoms with Crippen molar-refractivity contribution in [3.63, 3.8) is 0 Å². The third kappa shape index (κ3) is 2.72. The van der Waals surface area contributed by atoms with Gasteiger partial charge in [-0.1, -0.05) is 12.1 Å². The van der Waals surface area contributed by atoms with Gasteiger partial charge in [-0.3, -0.25) is 0 Å². The molecule has 2 nitrogen and oxygen atoms in total. The first-order valence-electron chi connectivity index (χ1n) is 5.94. The van der Waals surface area contributed by atoms with E-state index in [9.17, 15) is 0 Å². The van der Waals surface area contributed by atoms with Crippen molar-refractivity contribution in [1.29, 1.82) is 0 Å². The SMILES string of the molecule is NCCCc1cccc(N2CCCC2)c1. The molecular weight excluding hydrogens is 184 g/mol. The van der Waals surface area contributed by atoms with Crippen LogP contribution in [0.2, 0.25) is 0 Å². The van der Waals surface area contributed by atoms with Gasteiger partial charge in [0, 0.05) is 18.8 Å². The Labute approximate surface area is 92.1 Å². The van der Waals surface area contributed by atoms with Crippen LogP contribution >= 0.6 is 0 Å². The van der Waals surface area contributed by atoms with Crippen molar-refractivity contribution in [2.24, 2.45) is 5.73 Å². The summed E-state index contributed by atoms with van der Waals surface area (Å²) >= 11 is 0. The molecule has 1 aliphatic rings. The first-order valence-corrected chi connectivity index (χ1v) is 5.94. The zero-order chi connectivity index (χ0) is 10.5. The Morgan fingerprint density at radius 2 is 2.00 bits per heavy atom. The molecule has 0 aliphatic carbocycles. The van der Waals surface area contributed by atoms with Gasteiger partial charge < -0.3 is 10.6 Å². The van der Waals surface area contributed by atoms with Crippen molar-refractivity contribution in [1.82, 2.24) is 0 Å². The molecule has 0 bridgehead atoms. The lowest BCUT2D eigenvalue weighted by Crippen LogP contribution is -2.17. The van der Waals surface area contributed by atoms with Gasteiger partial charge in [0.2, 0.25) is 0 Å². The predicted molar refractivity (Wildman–Crippen MR) is 65.3 cm³/mol. The van der Waals surface area contributed by atoms with Gasteiger partial charge in [-0.05, 0) is 49.9 Å². The predicted octanol–water partition coefficient (Wildman–Crippen LogP) is 2.18. The lowest BCUT2D eigenvalue weighted by atomic mass is 10.1. The standard InChI is InChI=1S/C13H20N2/c14-8-4-6-12-5-3-7-13(11-12)15-9-1-2-10-15/h3,5,7,11H,1-2,4,6,8-10,14H2. The van der Waals surface area contributed by atoms with E-state index < -0.39 is 0 Å². The maximum Gasteiger partial charge on any atom is 0.0368 e. The van der Waals surface area contributed by atoms with Gasteiger partial charge in [0.15, 0.2) is 0 Å². The summed E-state index contributed by atoms with van der Waals surface area (Å²) in [6.07, 6.45) is 4.88. The Kier molecular flexibility index (Phi) is 3.62. The smallest absolute Gasteiger partial charge is 0.0368 e. The van der Waals surface area contributed by atoms with E-state index in [1.807, 2.05) is 0 Å². The van der Waals surface area contributed by atoms with E-state index in [4.69, 9.17) is 5.73 Å². The summed E-state index contributed by atoms with van der Waals surface area (Å²) < 4.78 is 0. The summed E-state index contributed by atoms with van der Waals surface area (Å²) in [7, 11) is 0. The highest BCUT2D eigenvalue weighted by molar-refractivity contribution is 5.49. The monoisotopic (exact) mass is 204 g/mol. The average Bonchev–Trinajstić information content (AvgIpc) is 2.80. The number of rotatable bonds is 4. The zero-order valence-electron chi connectivity index (χ0n) is 9.28. The molecule has 1 aromatic carbocycles. The summed E-state index contributed by atoms with van der Waals surface area (Å²) in [6.45, 7) is 3.23. The van der Waals surface area contributed by atoms with E-state index >= 15 is 0 Å². The van der Waals surface area contributed by atoms with Crippen molar-refractivity contribution < 1.29 is 0 Å². The van der Waals surface area contributed by atoms with Crippen LogP contribution in [0.3, 0.4) is 0 Å². The van der Waals surface area contributed by atoms with Gasteiger partial charge in [0.05, 0.1) is 0 Å². The van der Waals surface area contributed by atoms with Crippen LogP contribution in [0, 0.1) is 0 Å². The molecular formula is C13H20N2. The number of nitrogens with two attached hydrogens (primary N) is 1. The zero-order valence-corrected chi connectivity index (χ0v) is 9.28. The molecule has 2 N–H and O–H groups in total. The van der Waals surface area contributed by atoms with Gasteiger partial charge in [-0.2, -0.15) is 0 Å². The molecule has 0 spiro atoms. The van der Waals surface area contributed by atoms with Crippen LogP contribution in [0.25, 0.3) is 0 Å². The van der Waals surface area contributed by atoms with Crippen LogP contribution in [0.1, 0.15) is 24.8 Å². The van der Waals surface area contributed by atoms with E-state index in [0.717, 1.165) is 19.4 Å². The highest BCUT2D eigenvalue weighted by Gasteiger charge is 2.11. The molecule has 0 radical (unpaired) electrons. The number of hydrogen-bond donors (Lipinski definition) is 1. The van der Waals surface area contributed by atoms with Crippen molar-refractivity contribution >= 4 is 5.69 Å². The molecule has 1 aromatic rings. The van der Waals surface area contributed by atoms with Crippen LogP contribution in [-0.2, 0) is 6.42 Å². The second-order valence-electron chi connectivity index (χ2n) is 4.26. The van der Waals surface area contributed by atoms with Gasteiger partial charge >= 0.3 is 0 Å². The number of nitrogens with zero attached hydrogens (tertiary/aromatic N) is 1. The van der Waals surface area contributed by atoms with Gasteiger partial charge in [0.1, 0.15) is 0 Å². The molecule has 1 aliphatic heterocycles. The molecule has 0 amide bonds. The fraction of sp³-hybridized carbons (Fsp3) is 0.538. The third-order valence-electron chi connectivity index (χ3n) is 3.05. The first kappa shape index (κ1) is 10.5. The Balaban J connectivity index is 2.04. The fourth-order valence-corrected chi connectivity index (χ4v) is 2.19. The lowest BCUT2D eigenvalue weighted by molar-refractivity contribution is 0.831. The van der Waals surface area contributed by atoms with Gasteiger partial charge in [-0.15, -0.1) is 0 Å². The van der Waals surface area contributed by atoms with Crippen molar-refractivity contribution in [2.75, 3.05) is 24.5 Å². The van der Waals surface area contributed by atoms with Crippen LogP contribution in [0.4, 0.5) is 5.69 Å². The summed E-state index contributed by atoms with van der Waals surface area (Å²) in [5.74, 6) is 0. The number of anilines is 1. The van der Waals surface area contributed by atoms with E-state index in [2.05, 4.69) is 29.2 Å². The minimum absolute atomic E-state index is 0.786. The number of hydrogen-bond acceptors (Lipinski definition) is 2. The summed E-state index contributed by atoms with van der Waals surface area (Å²) in [6, 6.07) is 8.91. The molecule has 0 aromatic heterocycles. The fourth-order valence-electron chi connectivity index (χ4n) is 2.19. The molecule has 0 atom stereocenters. The van der Waals surface area contributed by atoms with E-state index in [1.165, 1.54) is 37.2 Å². The molecule has 0 unspecified atom stereocenters. The largest absolute Gasteiger partial charge is 0.372 e. The normalized spacial score (nSPS) is 15.9. The second-order valence-corrected chi connectivity index (χ2v) is 4.26. The van der Waals surface area contributed by atoms with Crippen LogP contribution < -0.4 is 10.6 Å².